The molecule has 7 heteroatoms. The monoisotopic (exact) mass is 443 g/mol. The fraction of sp³-hybridized carbons (Fsp3) is 0.190. The van der Waals surface area contributed by atoms with Gasteiger partial charge in [-0.15, -0.1) is 0 Å². The highest BCUT2D eigenvalue weighted by molar-refractivity contribution is 9.10. The summed E-state index contributed by atoms with van der Waals surface area (Å²) >= 11 is 3.39. The number of hydrogen-bond acceptors (Lipinski definition) is 5. The molecule has 0 aliphatic carbocycles. The van der Waals surface area contributed by atoms with E-state index in [0.717, 1.165) is 9.86 Å². The van der Waals surface area contributed by atoms with Gasteiger partial charge in [0, 0.05) is 26.7 Å². The minimum Gasteiger partial charge on any atom is -0.449 e. The highest BCUT2D eigenvalue weighted by atomic mass is 79.9. The number of aryl methyl sites for hydroxylation is 1. The topological polar surface area (TPSA) is 85.6 Å². The summed E-state index contributed by atoms with van der Waals surface area (Å²) in [7, 11) is 0. The van der Waals surface area contributed by atoms with Crippen molar-refractivity contribution in [3.63, 3.8) is 0 Å². The molecule has 0 fully saturated rings. The number of halogens is 1. The van der Waals surface area contributed by atoms with Gasteiger partial charge in [0.25, 0.3) is 5.91 Å². The third kappa shape index (κ3) is 4.14. The molecule has 1 unspecified atom stereocenters. The van der Waals surface area contributed by atoms with Gasteiger partial charge >= 0.3 is 5.97 Å². The van der Waals surface area contributed by atoms with E-state index in [1.54, 1.807) is 37.3 Å². The second-order valence-corrected chi connectivity index (χ2v) is 7.29. The van der Waals surface area contributed by atoms with Crippen molar-refractivity contribution in [3.8, 4) is 0 Å². The predicted octanol–water partition coefficient (Wildman–Crippen LogP) is 4.89. The largest absolute Gasteiger partial charge is 0.449 e. The van der Waals surface area contributed by atoms with Gasteiger partial charge in [0.2, 0.25) is 5.76 Å². The summed E-state index contributed by atoms with van der Waals surface area (Å²) in [4.78, 5) is 36.3. The Kier molecular flexibility index (Phi) is 5.65. The van der Waals surface area contributed by atoms with Crippen molar-refractivity contribution in [2.75, 3.05) is 5.32 Å². The fourth-order valence-electron chi connectivity index (χ4n) is 2.72. The number of hydrogen-bond donors (Lipinski definition) is 1. The lowest BCUT2D eigenvalue weighted by Gasteiger charge is -2.13. The van der Waals surface area contributed by atoms with Crippen LogP contribution in [-0.4, -0.2) is 23.8 Å². The van der Waals surface area contributed by atoms with Gasteiger partial charge in [-0.1, -0.05) is 28.1 Å². The van der Waals surface area contributed by atoms with Crippen molar-refractivity contribution in [1.29, 1.82) is 0 Å². The zero-order valence-corrected chi connectivity index (χ0v) is 17.1. The Hall–Kier alpha value is -2.93. The molecule has 0 saturated carbocycles. The average molecular weight is 444 g/mol. The first-order valence-electron chi connectivity index (χ1n) is 8.57. The lowest BCUT2D eigenvalue weighted by atomic mass is 10.1. The number of anilines is 1. The van der Waals surface area contributed by atoms with Crippen molar-refractivity contribution in [2.24, 2.45) is 0 Å². The Morgan fingerprint density at radius 1 is 1.14 bits per heavy atom. The minimum atomic E-state index is -1.05. The maximum atomic E-state index is 12.5. The molecular formula is C21H18BrNO5. The van der Waals surface area contributed by atoms with E-state index in [1.165, 1.54) is 13.8 Å². The van der Waals surface area contributed by atoms with E-state index in [2.05, 4.69) is 21.2 Å². The molecule has 0 saturated heterocycles. The maximum Gasteiger partial charge on any atom is 0.375 e. The number of ketones is 1. The third-order valence-corrected chi connectivity index (χ3v) is 4.77. The molecule has 3 aromatic rings. The molecule has 1 amide bonds. The molecule has 0 radical (unpaired) electrons. The second-order valence-electron chi connectivity index (χ2n) is 6.37. The van der Waals surface area contributed by atoms with E-state index < -0.39 is 18.0 Å². The van der Waals surface area contributed by atoms with Gasteiger partial charge in [0.1, 0.15) is 5.58 Å². The van der Waals surface area contributed by atoms with Crippen molar-refractivity contribution in [3.05, 3.63) is 63.8 Å². The summed E-state index contributed by atoms with van der Waals surface area (Å²) in [6.07, 6.45) is -1.05. The van der Waals surface area contributed by atoms with Crippen molar-refractivity contribution in [2.45, 2.75) is 26.9 Å². The highest BCUT2D eigenvalue weighted by Gasteiger charge is 2.24. The Balaban J connectivity index is 1.72. The van der Waals surface area contributed by atoms with Gasteiger partial charge in [-0.3, -0.25) is 9.59 Å². The molecule has 0 spiro atoms. The number of rotatable bonds is 5. The SMILES string of the molecule is CC(=O)c1cccc(NC(=O)C(C)OC(=O)c2oc3ccc(Br)cc3c2C)c1. The first-order valence-corrected chi connectivity index (χ1v) is 9.37. The van der Waals surface area contributed by atoms with Crippen LogP contribution in [0.4, 0.5) is 5.69 Å². The molecule has 0 aliphatic heterocycles. The summed E-state index contributed by atoms with van der Waals surface area (Å²) in [5.74, 6) is -1.27. The Morgan fingerprint density at radius 3 is 2.61 bits per heavy atom. The summed E-state index contributed by atoms with van der Waals surface area (Å²) in [6.45, 7) is 4.67. The normalized spacial score (nSPS) is 11.9. The van der Waals surface area contributed by atoms with Gasteiger partial charge in [-0.25, -0.2) is 4.79 Å². The number of ether oxygens (including phenoxy) is 1. The van der Waals surface area contributed by atoms with Gasteiger partial charge in [-0.2, -0.15) is 0 Å². The van der Waals surface area contributed by atoms with Crippen LogP contribution in [0.3, 0.4) is 0 Å². The molecule has 2 aromatic carbocycles. The number of amides is 1. The van der Waals surface area contributed by atoms with Crippen molar-refractivity contribution in [1.82, 2.24) is 0 Å². The Bertz CT molecular complexity index is 1090. The number of carbonyl (C=O) groups excluding carboxylic acids is 3. The molecule has 28 heavy (non-hydrogen) atoms. The van der Waals surface area contributed by atoms with E-state index in [-0.39, 0.29) is 11.5 Å². The molecule has 1 heterocycles. The van der Waals surface area contributed by atoms with E-state index in [9.17, 15) is 14.4 Å². The third-order valence-electron chi connectivity index (χ3n) is 4.27. The number of Topliss-reactive ketones (excluding diaryl/α,β-unsaturated/α-hetero) is 1. The van der Waals surface area contributed by atoms with E-state index in [0.29, 0.717) is 22.4 Å². The number of carbonyl (C=O) groups is 3. The van der Waals surface area contributed by atoms with Gasteiger partial charge in [0.15, 0.2) is 11.9 Å². The smallest absolute Gasteiger partial charge is 0.375 e. The predicted molar refractivity (Wildman–Crippen MR) is 109 cm³/mol. The Morgan fingerprint density at radius 2 is 1.89 bits per heavy atom. The standard InChI is InChI=1S/C21H18BrNO5/c1-11-17-10-15(22)7-8-18(17)28-19(11)21(26)27-13(3)20(25)23-16-6-4-5-14(9-16)12(2)24/h4-10,13H,1-3H3,(H,23,25). The van der Waals surface area contributed by atoms with Crippen LogP contribution in [0.5, 0.6) is 0 Å². The fourth-order valence-corrected chi connectivity index (χ4v) is 3.08. The molecule has 0 aliphatic rings. The summed E-state index contributed by atoms with van der Waals surface area (Å²) in [5.41, 5.74) is 2.13. The molecule has 1 N–H and O–H groups in total. The van der Waals surface area contributed by atoms with Crippen LogP contribution in [0.15, 0.2) is 51.4 Å². The number of nitrogens with one attached hydrogen (secondary N) is 1. The molecular weight excluding hydrogens is 426 g/mol. The lowest BCUT2D eigenvalue weighted by Crippen LogP contribution is -2.30. The molecule has 3 rings (SSSR count). The van der Waals surface area contributed by atoms with Crippen LogP contribution in [0.25, 0.3) is 11.0 Å². The average Bonchev–Trinajstić information content (AvgIpc) is 2.98. The zero-order chi connectivity index (χ0) is 20.4. The minimum absolute atomic E-state index is 0.0614. The van der Waals surface area contributed by atoms with E-state index in [1.807, 2.05) is 12.1 Å². The Labute approximate surface area is 170 Å². The van der Waals surface area contributed by atoms with Gasteiger partial charge in [0.05, 0.1) is 0 Å². The molecule has 1 atom stereocenters. The quantitative estimate of drug-likeness (QED) is 0.448. The van der Waals surface area contributed by atoms with Crippen LogP contribution >= 0.6 is 15.9 Å². The van der Waals surface area contributed by atoms with Gasteiger partial charge in [-0.05, 0) is 51.1 Å². The van der Waals surface area contributed by atoms with Crippen molar-refractivity contribution < 1.29 is 23.5 Å². The van der Waals surface area contributed by atoms with E-state index in [4.69, 9.17) is 9.15 Å². The zero-order valence-electron chi connectivity index (χ0n) is 15.5. The summed E-state index contributed by atoms with van der Waals surface area (Å²) in [5, 5.41) is 3.43. The summed E-state index contributed by atoms with van der Waals surface area (Å²) < 4.78 is 11.7. The van der Waals surface area contributed by atoms with E-state index >= 15 is 0 Å². The number of fused-ring (bicyclic) bond motifs is 1. The highest BCUT2D eigenvalue weighted by Crippen LogP contribution is 2.28. The number of benzene rings is 2. The number of furan rings is 1. The van der Waals surface area contributed by atoms with Crippen LogP contribution in [0.1, 0.15) is 40.3 Å². The van der Waals surface area contributed by atoms with Crippen LogP contribution < -0.4 is 5.32 Å². The van der Waals surface area contributed by atoms with Gasteiger partial charge < -0.3 is 14.5 Å². The molecule has 1 aromatic heterocycles. The van der Waals surface area contributed by atoms with Crippen molar-refractivity contribution >= 4 is 50.2 Å². The molecule has 6 nitrogen and oxygen atoms in total. The second kappa shape index (κ2) is 7.98. The number of esters is 1. The summed E-state index contributed by atoms with van der Waals surface area (Å²) in [6, 6.07) is 12.0. The molecule has 144 valence electrons. The first-order chi connectivity index (χ1) is 13.3. The van der Waals surface area contributed by atoms with Crippen LogP contribution in [0.2, 0.25) is 0 Å². The van der Waals surface area contributed by atoms with Crippen LogP contribution in [0, 0.1) is 6.92 Å². The maximum absolute atomic E-state index is 12.5. The van der Waals surface area contributed by atoms with Crippen LogP contribution in [-0.2, 0) is 9.53 Å². The lowest BCUT2D eigenvalue weighted by molar-refractivity contribution is -0.123. The first kappa shape index (κ1) is 19.8. The molecule has 0 bridgehead atoms.